The zero-order chi connectivity index (χ0) is 25.2. The van der Waals surface area contributed by atoms with Gasteiger partial charge in [0.2, 0.25) is 0 Å². The van der Waals surface area contributed by atoms with Gasteiger partial charge in [-0.1, -0.05) is 153 Å². The third-order valence-corrected chi connectivity index (χ3v) is 6.60. The minimum atomic E-state index is -0.218. The summed E-state index contributed by atoms with van der Waals surface area (Å²) in [6, 6.07) is 9.27. The van der Waals surface area contributed by atoms with E-state index in [1.807, 2.05) is 30.3 Å². The van der Waals surface area contributed by atoms with Gasteiger partial charge in [0.05, 0.1) is 13.2 Å². The van der Waals surface area contributed by atoms with Gasteiger partial charge in [0.25, 0.3) is 0 Å². The van der Waals surface area contributed by atoms with Crippen LogP contribution < -0.4 is 0 Å². The lowest BCUT2D eigenvalue weighted by atomic mass is 10.1. The molecule has 0 aliphatic rings. The SMILES string of the molecule is CCCCCCCCCCCCON(OCCCCCCCCCCCC)C(=O)c1ccccc1. The summed E-state index contributed by atoms with van der Waals surface area (Å²) in [6.07, 6.45) is 25.6. The molecule has 0 radical (unpaired) electrons. The molecule has 0 unspecified atom stereocenters. The molecule has 0 saturated carbocycles. The molecule has 0 saturated heterocycles. The van der Waals surface area contributed by atoms with Gasteiger partial charge >= 0.3 is 5.91 Å². The highest BCUT2D eigenvalue weighted by molar-refractivity contribution is 5.92. The Labute approximate surface area is 217 Å². The molecule has 0 bridgehead atoms. The van der Waals surface area contributed by atoms with Crippen molar-refractivity contribution in [2.24, 2.45) is 0 Å². The summed E-state index contributed by atoms with van der Waals surface area (Å²) >= 11 is 0. The van der Waals surface area contributed by atoms with Gasteiger partial charge in [-0.3, -0.25) is 4.79 Å². The Hall–Kier alpha value is -1.39. The molecule has 0 spiro atoms. The van der Waals surface area contributed by atoms with E-state index < -0.39 is 0 Å². The maximum absolute atomic E-state index is 12.8. The number of amides is 1. The molecule has 4 nitrogen and oxygen atoms in total. The van der Waals surface area contributed by atoms with Gasteiger partial charge in [-0.25, -0.2) is 9.68 Å². The van der Waals surface area contributed by atoms with Crippen LogP contribution in [0, 0.1) is 0 Å². The molecular formula is C31H55NO3. The van der Waals surface area contributed by atoms with Crippen molar-refractivity contribution in [3.63, 3.8) is 0 Å². The number of hydroxylamine groups is 2. The first-order valence-corrected chi connectivity index (χ1v) is 14.9. The summed E-state index contributed by atoms with van der Waals surface area (Å²) in [6.45, 7) is 5.57. The fraction of sp³-hybridized carbons (Fsp3) is 0.774. The van der Waals surface area contributed by atoms with E-state index in [4.69, 9.17) is 9.68 Å². The fourth-order valence-corrected chi connectivity index (χ4v) is 4.31. The number of benzene rings is 1. The molecule has 0 heterocycles. The van der Waals surface area contributed by atoms with Gasteiger partial charge in [0, 0.05) is 5.56 Å². The number of carbonyl (C=O) groups is 1. The largest absolute Gasteiger partial charge is 0.303 e. The quantitative estimate of drug-likeness (QED) is 0.101. The fourth-order valence-electron chi connectivity index (χ4n) is 4.31. The van der Waals surface area contributed by atoms with E-state index in [1.54, 1.807) is 0 Å². The first kappa shape index (κ1) is 31.6. The van der Waals surface area contributed by atoms with E-state index in [2.05, 4.69) is 13.8 Å². The van der Waals surface area contributed by atoms with Crippen LogP contribution in [0.4, 0.5) is 0 Å². The highest BCUT2D eigenvalue weighted by Gasteiger charge is 2.17. The van der Waals surface area contributed by atoms with Gasteiger partial charge in [0.1, 0.15) is 0 Å². The number of unbranched alkanes of at least 4 members (excludes halogenated alkanes) is 18. The lowest BCUT2D eigenvalue weighted by Gasteiger charge is -2.21. The molecule has 1 aromatic rings. The first-order valence-electron chi connectivity index (χ1n) is 14.9. The highest BCUT2D eigenvalue weighted by Crippen LogP contribution is 2.13. The van der Waals surface area contributed by atoms with Gasteiger partial charge in [-0.2, -0.15) is 0 Å². The molecule has 0 aromatic heterocycles. The van der Waals surface area contributed by atoms with E-state index in [9.17, 15) is 4.79 Å². The maximum atomic E-state index is 12.8. The summed E-state index contributed by atoms with van der Waals surface area (Å²) in [5.41, 5.74) is 0.596. The molecule has 202 valence electrons. The zero-order valence-electron chi connectivity index (χ0n) is 23.1. The molecule has 0 atom stereocenters. The second-order valence-corrected chi connectivity index (χ2v) is 9.96. The minimum absolute atomic E-state index is 0.218. The third kappa shape index (κ3) is 18.5. The van der Waals surface area contributed by atoms with Crippen LogP contribution in [-0.2, 0) is 9.68 Å². The molecule has 0 fully saturated rings. The van der Waals surface area contributed by atoms with Crippen molar-refractivity contribution in [2.75, 3.05) is 13.2 Å². The van der Waals surface area contributed by atoms with Gasteiger partial charge < -0.3 is 0 Å². The van der Waals surface area contributed by atoms with Crippen LogP contribution in [0.3, 0.4) is 0 Å². The Kier molecular flexibility index (Phi) is 22.0. The molecular weight excluding hydrogens is 434 g/mol. The number of rotatable bonds is 25. The Morgan fingerprint density at radius 3 is 1.26 bits per heavy atom. The molecule has 1 rings (SSSR count). The maximum Gasteiger partial charge on any atom is 0.303 e. The van der Waals surface area contributed by atoms with E-state index in [0.717, 1.165) is 30.9 Å². The van der Waals surface area contributed by atoms with Crippen LogP contribution in [-0.4, -0.2) is 24.3 Å². The summed E-state index contributed by atoms with van der Waals surface area (Å²) in [5.74, 6) is -0.218. The minimum Gasteiger partial charge on any atom is -0.264 e. The average molecular weight is 490 g/mol. The van der Waals surface area contributed by atoms with E-state index >= 15 is 0 Å². The van der Waals surface area contributed by atoms with Crippen LogP contribution in [0.5, 0.6) is 0 Å². The molecule has 1 aromatic carbocycles. The summed E-state index contributed by atoms with van der Waals surface area (Å²) in [7, 11) is 0. The normalized spacial score (nSPS) is 11.1. The Balaban J connectivity index is 2.18. The Bertz CT molecular complexity index is 552. The lowest BCUT2D eigenvalue weighted by Crippen LogP contribution is -2.32. The highest BCUT2D eigenvalue weighted by atomic mass is 17.0. The molecule has 0 aliphatic heterocycles. The average Bonchev–Trinajstić information content (AvgIpc) is 2.89. The van der Waals surface area contributed by atoms with Crippen molar-refractivity contribution in [1.29, 1.82) is 0 Å². The Morgan fingerprint density at radius 1 is 0.543 bits per heavy atom. The predicted octanol–water partition coefficient (Wildman–Crippen LogP) is 9.83. The van der Waals surface area contributed by atoms with Gasteiger partial charge in [-0.15, -0.1) is 0 Å². The van der Waals surface area contributed by atoms with Crippen molar-refractivity contribution < 1.29 is 14.5 Å². The van der Waals surface area contributed by atoms with Crippen LogP contribution in [0.1, 0.15) is 153 Å². The Morgan fingerprint density at radius 2 is 0.886 bits per heavy atom. The smallest absolute Gasteiger partial charge is 0.264 e. The van der Waals surface area contributed by atoms with Crippen molar-refractivity contribution in [3.05, 3.63) is 35.9 Å². The number of carbonyl (C=O) groups excluding carboxylic acids is 1. The van der Waals surface area contributed by atoms with Crippen LogP contribution in [0.15, 0.2) is 30.3 Å². The van der Waals surface area contributed by atoms with E-state index in [1.165, 1.54) is 103 Å². The number of hydrogen-bond acceptors (Lipinski definition) is 3. The molecule has 4 heteroatoms. The first-order chi connectivity index (χ1) is 17.3. The van der Waals surface area contributed by atoms with Crippen molar-refractivity contribution in [3.8, 4) is 0 Å². The second kappa shape index (κ2) is 24.3. The summed E-state index contributed by atoms with van der Waals surface area (Å²) in [4.78, 5) is 24.4. The topological polar surface area (TPSA) is 38.8 Å². The number of nitrogens with zero attached hydrogens (tertiary/aromatic N) is 1. The van der Waals surface area contributed by atoms with E-state index in [-0.39, 0.29) is 5.91 Å². The third-order valence-electron chi connectivity index (χ3n) is 6.60. The summed E-state index contributed by atoms with van der Waals surface area (Å²) in [5, 5.41) is 1.14. The number of hydrogen-bond donors (Lipinski definition) is 0. The molecule has 0 N–H and O–H groups in total. The second-order valence-electron chi connectivity index (χ2n) is 9.96. The predicted molar refractivity (Wildman–Crippen MR) is 148 cm³/mol. The lowest BCUT2D eigenvalue weighted by molar-refractivity contribution is -0.328. The standard InChI is InChI=1S/C31H55NO3/c1-3-5-7-9-11-13-15-17-19-24-28-34-32(31(33)30-26-22-21-23-27-30)35-29-25-20-18-16-14-12-10-8-6-4-2/h21-23,26-27H,3-20,24-25,28-29H2,1-2H3. The summed E-state index contributed by atoms with van der Waals surface area (Å²) < 4.78 is 0. The van der Waals surface area contributed by atoms with Gasteiger partial charge in [0.15, 0.2) is 0 Å². The van der Waals surface area contributed by atoms with Gasteiger partial charge in [-0.05, 0) is 25.0 Å². The van der Waals surface area contributed by atoms with Crippen LogP contribution in [0.25, 0.3) is 0 Å². The van der Waals surface area contributed by atoms with Crippen molar-refractivity contribution in [1.82, 2.24) is 5.23 Å². The molecule has 0 aliphatic carbocycles. The molecule has 35 heavy (non-hydrogen) atoms. The van der Waals surface area contributed by atoms with Crippen LogP contribution in [0.2, 0.25) is 0 Å². The zero-order valence-corrected chi connectivity index (χ0v) is 23.1. The molecule has 1 amide bonds. The van der Waals surface area contributed by atoms with Crippen LogP contribution >= 0.6 is 0 Å². The van der Waals surface area contributed by atoms with Crippen molar-refractivity contribution in [2.45, 2.75) is 142 Å². The monoisotopic (exact) mass is 489 g/mol. The van der Waals surface area contributed by atoms with E-state index in [0.29, 0.717) is 18.8 Å². The van der Waals surface area contributed by atoms with Crippen molar-refractivity contribution >= 4 is 5.91 Å².